The van der Waals surface area contributed by atoms with Gasteiger partial charge >= 0.3 is 0 Å². The number of hydrogen-bond acceptors (Lipinski definition) is 2. The van der Waals surface area contributed by atoms with E-state index in [9.17, 15) is 17.6 Å². The molecule has 0 amide bonds. The molecule has 1 atom stereocenters. The van der Waals surface area contributed by atoms with Crippen LogP contribution in [0, 0.1) is 23.3 Å². The molecule has 0 heterocycles. The number of halogens is 4. The molecule has 0 saturated heterocycles. The topological polar surface area (TPSA) is 38.0 Å². The molecule has 0 spiro atoms. The highest BCUT2D eigenvalue weighted by Crippen LogP contribution is 2.25. The van der Waals surface area contributed by atoms with Gasteiger partial charge in [0.1, 0.15) is 23.3 Å². The molecule has 100 valence electrons. The van der Waals surface area contributed by atoms with E-state index in [-0.39, 0.29) is 11.1 Å². The zero-order valence-corrected chi connectivity index (χ0v) is 9.63. The van der Waals surface area contributed by atoms with Gasteiger partial charge in [-0.25, -0.2) is 23.0 Å². The number of nitrogens with one attached hydrogen (secondary N) is 1. The number of rotatable bonds is 3. The Morgan fingerprint density at radius 1 is 0.842 bits per heavy atom. The quantitative estimate of drug-likeness (QED) is 0.511. The second kappa shape index (κ2) is 5.38. The van der Waals surface area contributed by atoms with E-state index in [0.29, 0.717) is 6.07 Å². The molecule has 0 radical (unpaired) electrons. The summed E-state index contributed by atoms with van der Waals surface area (Å²) < 4.78 is 53.1. The number of nitrogens with two attached hydrogens (primary N) is 1. The highest BCUT2D eigenvalue weighted by atomic mass is 19.1. The monoisotopic (exact) mass is 270 g/mol. The van der Waals surface area contributed by atoms with E-state index >= 15 is 0 Å². The smallest absolute Gasteiger partial charge is 0.128 e. The van der Waals surface area contributed by atoms with E-state index in [1.165, 1.54) is 0 Å². The summed E-state index contributed by atoms with van der Waals surface area (Å²) in [5.41, 5.74) is 2.14. The molecule has 1 unspecified atom stereocenters. The zero-order valence-electron chi connectivity index (χ0n) is 9.63. The Hall–Kier alpha value is -1.92. The Morgan fingerprint density at radius 2 is 1.47 bits per heavy atom. The molecular weight excluding hydrogens is 260 g/mol. The van der Waals surface area contributed by atoms with Crippen LogP contribution in [0.25, 0.3) is 0 Å². The van der Waals surface area contributed by atoms with Crippen molar-refractivity contribution in [2.75, 3.05) is 0 Å². The normalized spacial score (nSPS) is 12.5. The van der Waals surface area contributed by atoms with E-state index in [4.69, 9.17) is 5.84 Å². The summed E-state index contributed by atoms with van der Waals surface area (Å²) in [6, 6.07) is 4.40. The maximum absolute atomic E-state index is 13.6. The van der Waals surface area contributed by atoms with Crippen LogP contribution in [0.4, 0.5) is 17.6 Å². The second-order valence-electron chi connectivity index (χ2n) is 3.97. The van der Waals surface area contributed by atoms with Gasteiger partial charge in [0.15, 0.2) is 0 Å². The molecule has 0 saturated carbocycles. The molecule has 0 bridgehead atoms. The molecule has 2 nitrogen and oxygen atoms in total. The number of benzene rings is 2. The van der Waals surface area contributed by atoms with E-state index in [1.54, 1.807) is 0 Å². The summed E-state index contributed by atoms with van der Waals surface area (Å²) in [4.78, 5) is 0. The Morgan fingerprint density at radius 3 is 2.05 bits per heavy atom. The largest absolute Gasteiger partial charge is 0.271 e. The molecule has 0 aliphatic rings. The van der Waals surface area contributed by atoms with Gasteiger partial charge in [-0.3, -0.25) is 5.84 Å². The van der Waals surface area contributed by atoms with Crippen molar-refractivity contribution >= 4 is 0 Å². The minimum Gasteiger partial charge on any atom is -0.271 e. The first-order chi connectivity index (χ1) is 9.01. The van der Waals surface area contributed by atoms with Crippen molar-refractivity contribution in [2.45, 2.75) is 6.04 Å². The summed E-state index contributed by atoms with van der Waals surface area (Å²) >= 11 is 0. The fraction of sp³-hybridized carbons (Fsp3) is 0.0769. The molecular formula is C13H10F4N2. The van der Waals surface area contributed by atoms with Crippen LogP contribution in [-0.4, -0.2) is 0 Å². The lowest BCUT2D eigenvalue weighted by atomic mass is 9.98. The first kappa shape index (κ1) is 13.5. The summed E-state index contributed by atoms with van der Waals surface area (Å²) in [5, 5.41) is 0. The third-order valence-corrected chi connectivity index (χ3v) is 2.65. The third-order valence-electron chi connectivity index (χ3n) is 2.65. The van der Waals surface area contributed by atoms with E-state index < -0.39 is 29.3 Å². The first-order valence-electron chi connectivity index (χ1n) is 5.38. The Balaban J connectivity index is 2.52. The van der Waals surface area contributed by atoms with Crippen LogP contribution >= 0.6 is 0 Å². The summed E-state index contributed by atoms with van der Waals surface area (Å²) in [6.45, 7) is 0. The summed E-state index contributed by atoms with van der Waals surface area (Å²) in [6.07, 6.45) is 0. The molecule has 2 rings (SSSR count). The highest BCUT2D eigenvalue weighted by molar-refractivity contribution is 5.33. The lowest BCUT2D eigenvalue weighted by molar-refractivity contribution is 0.535. The average molecular weight is 270 g/mol. The van der Waals surface area contributed by atoms with Gasteiger partial charge in [-0.1, -0.05) is 0 Å². The van der Waals surface area contributed by atoms with Crippen LogP contribution < -0.4 is 11.3 Å². The molecule has 0 aliphatic heterocycles. The minimum atomic E-state index is -1.05. The van der Waals surface area contributed by atoms with Gasteiger partial charge in [-0.15, -0.1) is 0 Å². The van der Waals surface area contributed by atoms with Gasteiger partial charge in [0, 0.05) is 11.6 Å². The molecule has 0 aliphatic carbocycles. The molecule has 6 heteroatoms. The minimum absolute atomic E-state index is 0.0597. The Bertz CT molecular complexity index is 581. The van der Waals surface area contributed by atoms with Crippen molar-refractivity contribution < 1.29 is 17.6 Å². The van der Waals surface area contributed by atoms with Gasteiger partial charge in [0.2, 0.25) is 0 Å². The summed E-state index contributed by atoms with van der Waals surface area (Å²) in [7, 11) is 0. The van der Waals surface area contributed by atoms with Crippen LogP contribution in [0.15, 0.2) is 36.4 Å². The Kier molecular flexibility index (Phi) is 3.82. The van der Waals surface area contributed by atoms with Gasteiger partial charge in [0.25, 0.3) is 0 Å². The van der Waals surface area contributed by atoms with Crippen molar-refractivity contribution in [3.05, 3.63) is 70.8 Å². The molecule has 0 fully saturated rings. The second-order valence-corrected chi connectivity index (χ2v) is 3.97. The standard InChI is InChI=1S/C13H10F4N2/c14-8-1-2-12(17)11(6-8)13(19-18)7-3-9(15)5-10(16)4-7/h1-6,13,19H,18H2. The molecule has 0 aromatic heterocycles. The SMILES string of the molecule is NNC(c1cc(F)cc(F)c1)c1cc(F)ccc1F. The van der Waals surface area contributed by atoms with E-state index in [2.05, 4.69) is 5.43 Å². The molecule has 19 heavy (non-hydrogen) atoms. The number of hydrazine groups is 1. The van der Waals surface area contributed by atoms with Gasteiger partial charge < -0.3 is 0 Å². The summed E-state index contributed by atoms with van der Waals surface area (Å²) in [5.74, 6) is 2.22. The van der Waals surface area contributed by atoms with Gasteiger partial charge in [0.05, 0.1) is 6.04 Å². The van der Waals surface area contributed by atoms with Crippen molar-refractivity contribution in [1.29, 1.82) is 0 Å². The third kappa shape index (κ3) is 2.91. The maximum Gasteiger partial charge on any atom is 0.128 e. The lowest BCUT2D eigenvalue weighted by Crippen LogP contribution is -2.29. The van der Waals surface area contributed by atoms with Crippen molar-refractivity contribution in [1.82, 2.24) is 5.43 Å². The predicted molar refractivity (Wildman–Crippen MR) is 61.9 cm³/mol. The van der Waals surface area contributed by atoms with Crippen molar-refractivity contribution in [3.63, 3.8) is 0 Å². The van der Waals surface area contributed by atoms with E-state index in [0.717, 1.165) is 30.3 Å². The molecule has 2 aromatic carbocycles. The molecule has 2 aromatic rings. The van der Waals surface area contributed by atoms with Crippen LogP contribution in [-0.2, 0) is 0 Å². The van der Waals surface area contributed by atoms with Gasteiger partial charge in [-0.2, -0.15) is 0 Å². The van der Waals surface area contributed by atoms with Crippen molar-refractivity contribution in [3.8, 4) is 0 Å². The predicted octanol–water partition coefficient (Wildman–Crippen LogP) is 2.80. The fourth-order valence-corrected chi connectivity index (χ4v) is 1.84. The number of hydrogen-bond donors (Lipinski definition) is 2. The fourth-order valence-electron chi connectivity index (χ4n) is 1.84. The lowest BCUT2D eigenvalue weighted by Gasteiger charge is -2.18. The van der Waals surface area contributed by atoms with Crippen molar-refractivity contribution in [2.24, 2.45) is 5.84 Å². The first-order valence-corrected chi connectivity index (χ1v) is 5.38. The van der Waals surface area contributed by atoms with E-state index in [1.807, 2.05) is 0 Å². The zero-order chi connectivity index (χ0) is 14.0. The van der Waals surface area contributed by atoms with Crippen LogP contribution in [0.3, 0.4) is 0 Å². The average Bonchev–Trinajstić information content (AvgIpc) is 2.33. The van der Waals surface area contributed by atoms with Crippen LogP contribution in [0.2, 0.25) is 0 Å². The Labute approximate surface area is 106 Å². The molecule has 3 N–H and O–H groups in total. The maximum atomic E-state index is 13.6. The van der Waals surface area contributed by atoms with Crippen LogP contribution in [0.1, 0.15) is 17.2 Å². The van der Waals surface area contributed by atoms with Crippen LogP contribution in [0.5, 0.6) is 0 Å². The highest BCUT2D eigenvalue weighted by Gasteiger charge is 2.19. The van der Waals surface area contributed by atoms with Gasteiger partial charge in [-0.05, 0) is 35.9 Å².